The highest BCUT2D eigenvalue weighted by molar-refractivity contribution is 7.85. The van der Waals surface area contributed by atoms with Crippen LogP contribution in [0.3, 0.4) is 0 Å². The van der Waals surface area contributed by atoms with Crippen LogP contribution in [-0.2, 0) is 17.2 Å². The number of hydrogen-bond acceptors (Lipinski definition) is 2. The number of aryl methyl sites for hydroxylation is 1. The minimum absolute atomic E-state index is 0.466. The summed E-state index contributed by atoms with van der Waals surface area (Å²) < 4.78 is 11.4. The zero-order chi connectivity index (χ0) is 12.5. The molecule has 18 heavy (non-hydrogen) atoms. The van der Waals surface area contributed by atoms with E-state index >= 15 is 0 Å². The fraction of sp³-hybridized carbons (Fsp3) is 0.571. The van der Waals surface area contributed by atoms with Crippen LogP contribution in [0.15, 0.2) is 18.2 Å². The van der Waals surface area contributed by atoms with Crippen molar-refractivity contribution in [3.8, 4) is 0 Å². The van der Waals surface area contributed by atoms with Gasteiger partial charge in [-0.1, -0.05) is 17.7 Å². The van der Waals surface area contributed by atoms with Gasteiger partial charge < -0.3 is 5.32 Å². The van der Waals surface area contributed by atoms with E-state index in [1.54, 1.807) is 0 Å². The molecular formula is C14H18ClNOS. The molecule has 3 rings (SSSR count). The van der Waals surface area contributed by atoms with E-state index in [1.165, 1.54) is 11.1 Å². The van der Waals surface area contributed by atoms with Crippen molar-refractivity contribution in [3.63, 3.8) is 0 Å². The molecule has 1 heterocycles. The maximum absolute atomic E-state index is 11.4. The molecule has 1 aromatic rings. The summed E-state index contributed by atoms with van der Waals surface area (Å²) in [5.74, 6) is 1.72. The van der Waals surface area contributed by atoms with Gasteiger partial charge in [0.25, 0.3) is 0 Å². The molecule has 0 amide bonds. The van der Waals surface area contributed by atoms with E-state index in [9.17, 15) is 4.21 Å². The second-order valence-corrected chi connectivity index (χ2v) is 7.36. The van der Waals surface area contributed by atoms with Gasteiger partial charge in [-0.2, -0.15) is 0 Å². The normalized spacial score (nSPS) is 31.3. The highest BCUT2D eigenvalue weighted by Gasteiger charge is 2.26. The van der Waals surface area contributed by atoms with Crippen molar-refractivity contribution in [2.75, 3.05) is 11.5 Å². The molecule has 1 aromatic carbocycles. The lowest BCUT2D eigenvalue weighted by Gasteiger charge is -2.26. The molecule has 1 N–H and O–H groups in total. The first-order chi connectivity index (χ1) is 8.72. The Labute approximate surface area is 116 Å². The van der Waals surface area contributed by atoms with Gasteiger partial charge in [-0.3, -0.25) is 4.21 Å². The number of benzene rings is 1. The molecule has 98 valence electrons. The molecule has 1 fully saturated rings. The van der Waals surface area contributed by atoms with Crippen LogP contribution in [0.4, 0.5) is 0 Å². The summed E-state index contributed by atoms with van der Waals surface area (Å²) in [6, 6.07) is 7.23. The number of hydrogen-bond donors (Lipinski definition) is 1. The Morgan fingerprint density at radius 1 is 1.22 bits per heavy atom. The predicted molar refractivity (Wildman–Crippen MR) is 76.5 cm³/mol. The van der Waals surface area contributed by atoms with Gasteiger partial charge in [-0.05, 0) is 48.9 Å². The van der Waals surface area contributed by atoms with E-state index in [2.05, 4.69) is 17.4 Å². The SMILES string of the molecule is O=S1CCC(NC2CCc3cc(Cl)ccc32)CC1. The fourth-order valence-corrected chi connectivity index (χ4v) is 4.50. The third kappa shape index (κ3) is 2.63. The number of nitrogens with one attached hydrogen (secondary N) is 1. The van der Waals surface area contributed by atoms with Crippen LogP contribution in [-0.4, -0.2) is 21.8 Å². The Morgan fingerprint density at radius 2 is 2.00 bits per heavy atom. The van der Waals surface area contributed by atoms with Crippen molar-refractivity contribution in [1.82, 2.24) is 5.32 Å². The van der Waals surface area contributed by atoms with E-state index in [-0.39, 0.29) is 0 Å². The van der Waals surface area contributed by atoms with Gasteiger partial charge in [-0.15, -0.1) is 0 Å². The second-order valence-electron chi connectivity index (χ2n) is 5.22. The Balaban J connectivity index is 1.67. The van der Waals surface area contributed by atoms with Crippen molar-refractivity contribution in [3.05, 3.63) is 34.3 Å². The van der Waals surface area contributed by atoms with Gasteiger partial charge in [0.15, 0.2) is 0 Å². The standard InChI is InChI=1S/C14H18ClNOS/c15-11-2-3-13-10(9-11)1-4-14(13)16-12-5-7-18(17)8-6-12/h2-3,9,12,14,16H,1,4-8H2. The van der Waals surface area contributed by atoms with Crippen LogP contribution in [0.1, 0.15) is 36.4 Å². The van der Waals surface area contributed by atoms with Crippen molar-refractivity contribution in [2.24, 2.45) is 0 Å². The molecule has 1 aliphatic heterocycles. The lowest BCUT2D eigenvalue weighted by molar-refractivity contribution is 0.408. The third-order valence-corrected chi connectivity index (χ3v) is 5.62. The summed E-state index contributed by atoms with van der Waals surface area (Å²) in [5, 5.41) is 4.57. The van der Waals surface area contributed by atoms with Crippen molar-refractivity contribution >= 4 is 22.4 Å². The summed E-state index contributed by atoms with van der Waals surface area (Å²) in [7, 11) is -0.570. The molecular weight excluding hydrogens is 266 g/mol. The molecule has 0 spiro atoms. The summed E-state index contributed by atoms with van der Waals surface area (Å²) in [5.41, 5.74) is 2.80. The molecule has 2 nitrogen and oxygen atoms in total. The van der Waals surface area contributed by atoms with Gasteiger partial charge >= 0.3 is 0 Å². The number of fused-ring (bicyclic) bond motifs is 1. The maximum atomic E-state index is 11.4. The summed E-state index contributed by atoms with van der Waals surface area (Å²) >= 11 is 6.02. The molecule has 0 aromatic heterocycles. The van der Waals surface area contributed by atoms with Crippen LogP contribution in [0.2, 0.25) is 5.02 Å². The Kier molecular flexibility index (Phi) is 3.73. The summed E-state index contributed by atoms with van der Waals surface area (Å²) in [6.07, 6.45) is 4.37. The molecule has 0 bridgehead atoms. The van der Waals surface area contributed by atoms with Gasteiger partial charge in [0.1, 0.15) is 0 Å². The molecule has 1 saturated heterocycles. The highest BCUT2D eigenvalue weighted by atomic mass is 35.5. The van der Waals surface area contributed by atoms with Crippen molar-refractivity contribution in [1.29, 1.82) is 0 Å². The minimum atomic E-state index is -0.570. The monoisotopic (exact) mass is 283 g/mol. The lowest BCUT2D eigenvalue weighted by atomic mass is 10.1. The van der Waals surface area contributed by atoms with E-state index in [4.69, 9.17) is 11.6 Å². The first kappa shape index (κ1) is 12.6. The summed E-state index contributed by atoms with van der Waals surface area (Å²) in [6.45, 7) is 0. The van der Waals surface area contributed by atoms with Gasteiger partial charge in [0, 0.05) is 39.4 Å². The van der Waals surface area contributed by atoms with Crippen LogP contribution in [0, 0.1) is 0 Å². The van der Waals surface area contributed by atoms with Crippen molar-refractivity contribution < 1.29 is 4.21 Å². The maximum Gasteiger partial charge on any atom is 0.0408 e. The van der Waals surface area contributed by atoms with E-state index in [0.29, 0.717) is 12.1 Å². The van der Waals surface area contributed by atoms with Crippen LogP contribution >= 0.6 is 11.6 Å². The average molecular weight is 284 g/mol. The number of rotatable bonds is 2. The van der Waals surface area contributed by atoms with Crippen LogP contribution in [0.5, 0.6) is 0 Å². The highest BCUT2D eigenvalue weighted by Crippen LogP contribution is 2.33. The molecule has 1 atom stereocenters. The Morgan fingerprint density at radius 3 is 2.78 bits per heavy atom. The lowest BCUT2D eigenvalue weighted by Crippen LogP contribution is -2.37. The summed E-state index contributed by atoms with van der Waals surface area (Å²) in [4.78, 5) is 0. The third-order valence-electron chi connectivity index (χ3n) is 4.01. The molecule has 0 saturated carbocycles. The largest absolute Gasteiger partial charge is 0.307 e. The Hall–Kier alpha value is -0.380. The zero-order valence-electron chi connectivity index (χ0n) is 10.3. The van der Waals surface area contributed by atoms with E-state index < -0.39 is 10.8 Å². The average Bonchev–Trinajstić information content (AvgIpc) is 2.74. The molecule has 4 heteroatoms. The van der Waals surface area contributed by atoms with Gasteiger partial charge in [0.2, 0.25) is 0 Å². The second kappa shape index (κ2) is 5.32. The minimum Gasteiger partial charge on any atom is -0.307 e. The van der Waals surface area contributed by atoms with E-state index in [0.717, 1.165) is 42.2 Å². The Bertz CT molecular complexity index is 467. The molecule has 1 aliphatic carbocycles. The van der Waals surface area contributed by atoms with Crippen LogP contribution in [0.25, 0.3) is 0 Å². The quantitative estimate of drug-likeness (QED) is 0.904. The zero-order valence-corrected chi connectivity index (χ0v) is 11.9. The number of halogens is 1. The smallest absolute Gasteiger partial charge is 0.0408 e. The first-order valence-corrected chi connectivity index (χ1v) is 8.48. The molecule has 1 unspecified atom stereocenters. The predicted octanol–water partition coefficient (Wildman–Crippen LogP) is 2.83. The molecule has 2 aliphatic rings. The topological polar surface area (TPSA) is 29.1 Å². The fourth-order valence-electron chi connectivity index (χ4n) is 3.00. The first-order valence-electron chi connectivity index (χ1n) is 6.62. The van der Waals surface area contributed by atoms with Gasteiger partial charge in [0.05, 0.1) is 0 Å². The van der Waals surface area contributed by atoms with E-state index in [1.807, 2.05) is 6.07 Å². The van der Waals surface area contributed by atoms with Gasteiger partial charge in [-0.25, -0.2) is 0 Å². The molecule has 0 radical (unpaired) electrons. The van der Waals surface area contributed by atoms with Crippen molar-refractivity contribution in [2.45, 2.75) is 37.8 Å². The van der Waals surface area contributed by atoms with Crippen LogP contribution < -0.4 is 5.32 Å².